The van der Waals surface area contributed by atoms with E-state index in [1.807, 2.05) is 23.6 Å². The van der Waals surface area contributed by atoms with Gasteiger partial charge in [0, 0.05) is 36.9 Å². The molecular formula is C18H27ClN4O2. The smallest absolute Gasteiger partial charge is 0.239 e. The van der Waals surface area contributed by atoms with Crippen molar-refractivity contribution in [2.75, 3.05) is 38.0 Å². The number of nitrogens with two attached hydrogens (primary N) is 1. The van der Waals surface area contributed by atoms with E-state index in [1.54, 1.807) is 24.3 Å². The molecular weight excluding hydrogens is 340 g/mol. The van der Waals surface area contributed by atoms with Gasteiger partial charge in [-0.2, -0.15) is 0 Å². The largest absolute Gasteiger partial charge is 0.339 e. The van der Waals surface area contributed by atoms with Gasteiger partial charge in [0.05, 0.1) is 12.6 Å². The van der Waals surface area contributed by atoms with Crippen molar-refractivity contribution in [1.29, 1.82) is 0 Å². The molecule has 3 N–H and O–H groups in total. The number of nitrogens with zero attached hydrogens (tertiary/aromatic N) is 2. The van der Waals surface area contributed by atoms with Crippen molar-refractivity contribution in [2.45, 2.75) is 26.3 Å². The van der Waals surface area contributed by atoms with Crippen molar-refractivity contribution >= 4 is 29.1 Å². The molecule has 0 aromatic heterocycles. The molecule has 0 radical (unpaired) electrons. The van der Waals surface area contributed by atoms with Crippen LogP contribution in [0.1, 0.15) is 20.3 Å². The molecule has 1 aromatic rings. The molecule has 0 spiro atoms. The fourth-order valence-corrected chi connectivity index (χ4v) is 2.90. The van der Waals surface area contributed by atoms with Crippen molar-refractivity contribution in [3.05, 3.63) is 29.3 Å². The van der Waals surface area contributed by atoms with E-state index < -0.39 is 6.04 Å². The van der Waals surface area contributed by atoms with Gasteiger partial charge in [-0.3, -0.25) is 14.5 Å². The molecule has 1 saturated heterocycles. The van der Waals surface area contributed by atoms with E-state index in [0.29, 0.717) is 37.7 Å². The van der Waals surface area contributed by atoms with Crippen LogP contribution in [0.25, 0.3) is 0 Å². The predicted molar refractivity (Wildman–Crippen MR) is 101 cm³/mol. The van der Waals surface area contributed by atoms with Crippen molar-refractivity contribution in [2.24, 2.45) is 11.7 Å². The fraction of sp³-hybridized carbons (Fsp3) is 0.556. The van der Waals surface area contributed by atoms with Gasteiger partial charge < -0.3 is 16.0 Å². The van der Waals surface area contributed by atoms with Crippen LogP contribution in [0.2, 0.25) is 5.02 Å². The lowest BCUT2D eigenvalue weighted by atomic mass is 9.98. The number of carbonyl (C=O) groups is 2. The molecule has 1 fully saturated rings. The third-order valence-electron chi connectivity index (χ3n) is 4.72. The summed E-state index contributed by atoms with van der Waals surface area (Å²) in [5.74, 6) is 0.119. The molecule has 7 heteroatoms. The van der Waals surface area contributed by atoms with Gasteiger partial charge in [-0.1, -0.05) is 31.9 Å². The average molecular weight is 367 g/mol. The summed E-state index contributed by atoms with van der Waals surface area (Å²) < 4.78 is 0. The topological polar surface area (TPSA) is 78.7 Å². The highest BCUT2D eigenvalue weighted by atomic mass is 35.5. The number of piperazine rings is 1. The molecule has 2 amide bonds. The first-order valence-corrected chi connectivity index (χ1v) is 9.10. The van der Waals surface area contributed by atoms with Crippen molar-refractivity contribution in [3.63, 3.8) is 0 Å². The summed E-state index contributed by atoms with van der Waals surface area (Å²) in [6.45, 7) is 6.91. The first-order valence-electron chi connectivity index (χ1n) is 8.72. The van der Waals surface area contributed by atoms with E-state index in [0.717, 1.165) is 12.1 Å². The Morgan fingerprint density at radius 3 is 2.36 bits per heavy atom. The first kappa shape index (κ1) is 19.7. The molecule has 2 rings (SSSR count). The second-order valence-corrected chi connectivity index (χ2v) is 7.00. The van der Waals surface area contributed by atoms with E-state index in [-0.39, 0.29) is 17.7 Å². The van der Waals surface area contributed by atoms with Crippen LogP contribution in [0.15, 0.2) is 24.3 Å². The maximum absolute atomic E-state index is 12.4. The lowest BCUT2D eigenvalue weighted by Gasteiger charge is -2.36. The SMILES string of the molecule is CCC(C)C(N)C(=O)N1CCN(CC(=O)Nc2ccc(Cl)cc2)CC1. The lowest BCUT2D eigenvalue weighted by molar-refractivity contribution is -0.135. The maximum atomic E-state index is 12.4. The Morgan fingerprint density at radius 1 is 1.20 bits per heavy atom. The van der Waals surface area contributed by atoms with Crippen LogP contribution in [-0.4, -0.2) is 60.4 Å². The molecule has 1 heterocycles. The Hall–Kier alpha value is -1.63. The number of hydrogen-bond donors (Lipinski definition) is 2. The van der Waals surface area contributed by atoms with E-state index in [4.69, 9.17) is 17.3 Å². The Bertz CT molecular complexity index is 585. The van der Waals surface area contributed by atoms with Gasteiger partial charge in [0.1, 0.15) is 0 Å². The van der Waals surface area contributed by atoms with Gasteiger partial charge in [-0.15, -0.1) is 0 Å². The van der Waals surface area contributed by atoms with Crippen LogP contribution >= 0.6 is 11.6 Å². The molecule has 25 heavy (non-hydrogen) atoms. The first-order chi connectivity index (χ1) is 11.9. The highest BCUT2D eigenvalue weighted by Crippen LogP contribution is 2.14. The number of benzene rings is 1. The number of amides is 2. The molecule has 138 valence electrons. The summed E-state index contributed by atoms with van der Waals surface area (Å²) in [6.07, 6.45) is 0.887. The summed E-state index contributed by atoms with van der Waals surface area (Å²) in [4.78, 5) is 28.4. The molecule has 0 saturated carbocycles. The summed E-state index contributed by atoms with van der Waals surface area (Å²) in [6, 6.07) is 6.58. The van der Waals surface area contributed by atoms with E-state index >= 15 is 0 Å². The zero-order valence-electron chi connectivity index (χ0n) is 14.9. The molecule has 1 aliphatic heterocycles. The Balaban J connectivity index is 1.77. The highest BCUT2D eigenvalue weighted by molar-refractivity contribution is 6.30. The summed E-state index contributed by atoms with van der Waals surface area (Å²) >= 11 is 5.83. The minimum Gasteiger partial charge on any atom is -0.339 e. The molecule has 6 nitrogen and oxygen atoms in total. The number of rotatable bonds is 6. The zero-order valence-corrected chi connectivity index (χ0v) is 15.6. The Labute approximate surface area is 154 Å². The predicted octanol–water partition coefficient (Wildman–Crippen LogP) is 1.80. The van der Waals surface area contributed by atoms with Gasteiger partial charge >= 0.3 is 0 Å². The number of hydrogen-bond acceptors (Lipinski definition) is 4. The third kappa shape index (κ3) is 5.70. The van der Waals surface area contributed by atoms with E-state index in [9.17, 15) is 9.59 Å². The van der Waals surface area contributed by atoms with Crippen LogP contribution in [0.3, 0.4) is 0 Å². The normalized spacial score (nSPS) is 17.8. The molecule has 0 bridgehead atoms. The summed E-state index contributed by atoms with van der Waals surface area (Å²) in [7, 11) is 0. The number of halogens is 1. The number of carbonyl (C=O) groups excluding carboxylic acids is 2. The van der Waals surface area contributed by atoms with E-state index in [1.165, 1.54) is 0 Å². The molecule has 0 aliphatic carbocycles. The van der Waals surface area contributed by atoms with Gasteiger partial charge in [0.15, 0.2) is 0 Å². The molecule has 1 aliphatic rings. The highest BCUT2D eigenvalue weighted by Gasteiger charge is 2.28. The van der Waals surface area contributed by atoms with Crippen molar-refractivity contribution < 1.29 is 9.59 Å². The second-order valence-electron chi connectivity index (χ2n) is 6.57. The van der Waals surface area contributed by atoms with Crippen LogP contribution in [0.5, 0.6) is 0 Å². The summed E-state index contributed by atoms with van der Waals surface area (Å²) in [5.41, 5.74) is 6.76. The second kappa shape index (κ2) is 9.17. The van der Waals surface area contributed by atoms with Crippen LogP contribution in [0.4, 0.5) is 5.69 Å². The quantitative estimate of drug-likeness (QED) is 0.804. The Morgan fingerprint density at radius 2 is 1.80 bits per heavy atom. The molecule has 2 atom stereocenters. The van der Waals surface area contributed by atoms with Gasteiger partial charge in [0.25, 0.3) is 0 Å². The van der Waals surface area contributed by atoms with Crippen LogP contribution in [0, 0.1) is 5.92 Å². The van der Waals surface area contributed by atoms with Gasteiger partial charge in [-0.05, 0) is 30.2 Å². The number of nitrogens with one attached hydrogen (secondary N) is 1. The lowest BCUT2D eigenvalue weighted by Crippen LogP contribution is -2.55. The van der Waals surface area contributed by atoms with Crippen LogP contribution in [-0.2, 0) is 9.59 Å². The van der Waals surface area contributed by atoms with Crippen LogP contribution < -0.4 is 11.1 Å². The monoisotopic (exact) mass is 366 g/mol. The minimum atomic E-state index is -0.440. The fourth-order valence-electron chi connectivity index (χ4n) is 2.77. The average Bonchev–Trinajstić information content (AvgIpc) is 2.62. The van der Waals surface area contributed by atoms with E-state index in [2.05, 4.69) is 5.32 Å². The van der Waals surface area contributed by atoms with Crippen molar-refractivity contribution in [1.82, 2.24) is 9.80 Å². The Kier molecular flexibility index (Phi) is 7.23. The maximum Gasteiger partial charge on any atom is 0.239 e. The summed E-state index contributed by atoms with van der Waals surface area (Å²) in [5, 5.41) is 3.49. The third-order valence-corrected chi connectivity index (χ3v) is 4.97. The zero-order chi connectivity index (χ0) is 18.4. The van der Waals surface area contributed by atoms with Gasteiger partial charge in [0.2, 0.25) is 11.8 Å². The number of anilines is 1. The standard InChI is InChI=1S/C18H27ClN4O2/c1-3-13(2)17(20)18(25)23-10-8-22(9-11-23)12-16(24)21-15-6-4-14(19)5-7-15/h4-7,13,17H,3,8-12,20H2,1-2H3,(H,21,24). The molecule has 1 aromatic carbocycles. The van der Waals surface area contributed by atoms with Gasteiger partial charge in [-0.25, -0.2) is 0 Å². The molecule has 2 unspecified atom stereocenters. The minimum absolute atomic E-state index is 0.0135. The van der Waals surface area contributed by atoms with Crippen molar-refractivity contribution in [3.8, 4) is 0 Å².